The number of nitrogens with one attached hydrogen (secondary N) is 2. The van der Waals surface area contributed by atoms with Crippen molar-refractivity contribution in [1.82, 2.24) is 10.6 Å². The molecule has 0 radical (unpaired) electrons. The summed E-state index contributed by atoms with van der Waals surface area (Å²) in [6, 6.07) is 9.46. The largest absolute Gasteiger partial charge is 0.355 e. The van der Waals surface area contributed by atoms with E-state index in [4.69, 9.17) is 0 Å². The molecular formula is C16H25IN4O3S. The zero-order valence-electron chi connectivity index (χ0n) is 14.4. The number of guanidine groups is 1. The Morgan fingerprint density at radius 3 is 2.60 bits per heavy atom. The van der Waals surface area contributed by atoms with Gasteiger partial charge in [0, 0.05) is 38.0 Å². The SMILES string of the molecule is CCS(=O)(=O)CCNC(=NC)NC1CC(=O)N(c2ccccc2)C1.I. The summed E-state index contributed by atoms with van der Waals surface area (Å²) in [5, 5.41) is 6.17. The Kier molecular flexibility index (Phi) is 8.63. The van der Waals surface area contributed by atoms with Crippen molar-refractivity contribution in [2.45, 2.75) is 19.4 Å². The fourth-order valence-electron chi connectivity index (χ4n) is 2.52. The molecule has 2 N–H and O–H groups in total. The maximum atomic E-state index is 12.2. The van der Waals surface area contributed by atoms with Crippen LogP contribution in [0.4, 0.5) is 5.69 Å². The molecule has 9 heteroatoms. The summed E-state index contributed by atoms with van der Waals surface area (Å²) in [5.74, 6) is 0.755. The van der Waals surface area contributed by atoms with Crippen molar-refractivity contribution in [2.75, 3.05) is 36.5 Å². The van der Waals surface area contributed by atoms with Crippen LogP contribution in [-0.2, 0) is 14.6 Å². The molecule has 25 heavy (non-hydrogen) atoms. The number of para-hydroxylation sites is 1. The van der Waals surface area contributed by atoms with Gasteiger partial charge in [0.15, 0.2) is 15.8 Å². The second-order valence-corrected chi connectivity index (χ2v) is 8.09. The van der Waals surface area contributed by atoms with Crippen molar-refractivity contribution in [1.29, 1.82) is 0 Å². The Balaban J connectivity index is 0.00000312. The third-order valence-corrected chi connectivity index (χ3v) is 5.61. The van der Waals surface area contributed by atoms with Gasteiger partial charge >= 0.3 is 0 Å². The van der Waals surface area contributed by atoms with Crippen molar-refractivity contribution in [3.63, 3.8) is 0 Å². The maximum absolute atomic E-state index is 12.2. The van der Waals surface area contributed by atoms with E-state index in [0.717, 1.165) is 5.69 Å². The molecule has 1 amide bonds. The van der Waals surface area contributed by atoms with Crippen LogP contribution in [0.3, 0.4) is 0 Å². The van der Waals surface area contributed by atoms with Crippen molar-refractivity contribution in [3.05, 3.63) is 30.3 Å². The molecule has 1 unspecified atom stereocenters. The van der Waals surface area contributed by atoms with Gasteiger partial charge in [-0.2, -0.15) is 0 Å². The van der Waals surface area contributed by atoms with Gasteiger partial charge in [-0.05, 0) is 12.1 Å². The minimum Gasteiger partial charge on any atom is -0.355 e. The normalized spacial score (nSPS) is 18.0. The first-order valence-corrected chi connectivity index (χ1v) is 9.80. The maximum Gasteiger partial charge on any atom is 0.229 e. The van der Waals surface area contributed by atoms with Gasteiger partial charge < -0.3 is 15.5 Å². The van der Waals surface area contributed by atoms with Gasteiger partial charge in [0.25, 0.3) is 0 Å². The predicted molar refractivity (Wildman–Crippen MR) is 111 cm³/mol. The van der Waals surface area contributed by atoms with Crippen LogP contribution in [0.25, 0.3) is 0 Å². The Morgan fingerprint density at radius 1 is 1.32 bits per heavy atom. The fraction of sp³-hybridized carbons (Fsp3) is 0.500. The molecule has 1 heterocycles. The molecule has 0 saturated carbocycles. The van der Waals surface area contributed by atoms with E-state index in [-0.39, 0.29) is 47.4 Å². The average Bonchev–Trinajstić information content (AvgIpc) is 2.95. The number of sulfone groups is 1. The monoisotopic (exact) mass is 480 g/mol. The lowest BCUT2D eigenvalue weighted by Gasteiger charge is -2.19. The minimum absolute atomic E-state index is 0. The van der Waals surface area contributed by atoms with Crippen LogP contribution >= 0.6 is 24.0 Å². The molecule has 1 fully saturated rings. The van der Waals surface area contributed by atoms with Gasteiger partial charge in [0.1, 0.15) is 0 Å². The van der Waals surface area contributed by atoms with Crippen LogP contribution in [0.5, 0.6) is 0 Å². The Bertz CT molecular complexity index is 695. The van der Waals surface area contributed by atoms with Crippen LogP contribution in [0.15, 0.2) is 35.3 Å². The van der Waals surface area contributed by atoms with E-state index in [2.05, 4.69) is 15.6 Å². The zero-order valence-corrected chi connectivity index (χ0v) is 17.6. The van der Waals surface area contributed by atoms with Gasteiger partial charge in [-0.25, -0.2) is 8.42 Å². The van der Waals surface area contributed by atoms with E-state index < -0.39 is 9.84 Å². The van der Waals surface area contributed by atoms with E-state index in [1.807, 2.05) is 30.3 Å². The van der Waals surface area contributed by atoms with Gasteiger partial charge in [-0.15, -0.1) is 24.0 Å². The van der Waals surface area contributed by atoms with Gasteiger partial charge in [-0.1, -0.05) is 25.1 Å². The second-order valence-electron chi connectivity index (χ2n) is 5.62. The molecule has 1 aromatic carbocycles. The molecule has 1 aliphatic heterocycles. The summed E-state index contributed by atoms with van der Waals surface area (Å²) >= 11 is 0. The van der Waals surface area contributed by atoms with E-state index in [1.54, 1.807) is 18.9 Å². The number of halogens is 1. The minimum atomic E-state index is -3.01. The number of benzene rings is 1. The Hall–Kier alpha value is -1.36. The lowest BCUT2D eigenvalue weighted by molar-refractivity contribution is -0.117. The van der Waals surface area contributed by atoms with Crippen LogP contribution in [0.1, 0.15) is 13.3 Å². The first-order chi connectivity index (χ1) is 11.4. The smallest absolute Gasteiger partial charge is 0.229 e. The van der Waals surface area contributed by atoms with Gasteiger partial charge in [-0.3, -0.25) is 9.79 Å². The van der Waals surface area contributed by atoms with E-state index in [1.165, 1.54) is 0 Å². The lowest BCUT2D eigenvalue weighted by atomic mass is 10.2. The lowest BCUT2D eigenvalue weighted by Crippen LogP contribution is -2.45. The highest BCUT2D eigenvalue weighted by molar-refractivity contribution is 14.0. The molecule has 140 valence electrons. The number of aliphatic imine (C=N–C) groups is 1. The van der Waals surface area contributed by atoms with Gasteiger partial charge in [0.05, 0.1) is 11.8 Å². The highest BCUT2D eigenvalue weighted by atomic mass is 127. The highest BCUT2D eigenvalue weighted by Crippen LogP contribution is 2.20. The average molecular weight is 480 g/mol. The van der Waals surface area contributed by atoms with E-state index >= 15 is 0 Å². The van der Waals surface area contributed by atoms with Crippen molar-refractivity contribution >= 4 is 51.4 Å². The van der Waals surface area contributed by atoms with Crippen molar-refractivity contribution in [3.8, 4) is 0 Å². The molecule has 0 aromatic heterocycles. The van der Waals surface area contributed by atoms with Crippen LogP contribution in [-0.4, -0.2) is 58.0 Å². The quantitative estimate of drug-likeness (QED) is 0.361. The Morgan fingerprint density at radius 2 is 2.00 bits per heavy atom. The second kappa shape index (κ2) is 9.95. The molecule has 0 spiro atoms. The zero-order chi connectivity index (χ0) is 17.6. The van der Waals surface area contributed by atoms with Crippen LogP contribution in [0.2, 0.25) is 0 Å². The summed E-state index contributed by atoms with van der Waals surface area (Å²) in [6.45, 7) is 2.47. The van der Waals surface area contributed by atoms with E-state index in [9.17, 15) is 13.2 Å². The molecule has 1 aliphatic rings. The highest BCUT2D eigenvalue weighted by Gasteiger charge is 2.31. The molecule has 1 atom stereocenters. The Labute approximate surface area is 166 Å². The molecular weight excluding hydrogens is 455 g/mol. The van der Waals surface area contributed by atoms with E-state index in [0.29, 0.717) is 25.5 Å². The van der Waals surface area contributed by atoms with Crippen LogP contribution < -0.4 is 15.5 Å². The predicted octanol–water partition coefficient (Wildman–Crippen LogP) is 1.01. The molecule has 0 bridgehead atoms. The third kappa shape index (κ3) is 6.46. The number of nitrogens with zero attached hydrogens (tertiary/aromatic N) is 2. The summed E-state index contributed by atoms with van der Waals surface area (Å²) in [5.41, 5.74) is 0.879. The molecule has 7 nitrogen and oxygen atoms in total. The number of amides is 1. The molecule has 1 aromatic rings. The number of carbonyl (C=O) groups excluding carboxylic acids is 1. The summed E-state index contributed by atoms with van der Waals surface area (Å²) in [7, 11) is -1.39. The standard InChI is InChI=1S/C16H24N4O3S.HI/c1-3-24(22,23)10-9-18-16(17-2)19-13-11-15(21)20(12-13)14-7-5-4-6-8-14;/h4-8,13H,3,9-12H2,1-2H3,(H2,17,18,19);1H. The summed E-state index contributed by atoms with van der Waals surface area (Å²) in [4.78, 5) is 18.0. The first kappa shape index (κ1) is 21.7. The molecule has 0 aliphatic carbocycles. The molecule has 1 saturated heterocycles. The fourth-order valence-corrected chi connectivity index (χ4v) is 3.22. The number of rotatable bonds is 6. The van der Waals surface area contributed by atoms with Gasteiger partial charge in [0.2, 0.25) is 5.91 Å². The number of hydrogen-bond acceptors (Lipinski definition) is 4. The topological polar surface area (TPSA) is 90.9 Å². The number of carbonyl (C=O) groups is 1. The number of hydrogen-bond donors (Lipinski definition) is 2. The molecule has 2 rings (SSSR count). The van der Waals surface area contributed by atoms with Crippen molar-refractivity contribution in [2.24, 2.45) is 4.99 Å². The van der Waals surface area contributed by atoms with Crippen molar-refractivity contribution < 1.29 is 13.2 Å². The summed E-state index contributed by atoms with van der Waals surface area (Å²) in [6.07, 6.45) is 0.378. The number of anilines is 1. The van der Waals surface area contributed by atoms with Crippen LogP contribution in [0, 0.1) is 0 Å². The third-order valence-electron chi connectivity index (χ3n) is 3.90. The first-order valence-electron chi connectivity index (χ1n) is 7.98. The summed E-state index contributed by atoms with van der Waals surface area (Å²) < 4.78 is 23.0.